The molecule has 0 saturated heterocycles. The van der Waals surface area contributed by atoms with Gasteiger partial charge < -0.3 is 9.84 Å². The summed E-state index contributed by atoms with van der Waals surface area (Å²) in [6.45, 7) is 10.6. The van der Waals surface area contributed by atoms with Gasteiger partial charge in [-0.25, -0.2) is 4.79 Å². The van der Waals surface area contributed by atoms with Crippen molar-refractivity contribution >= 4 is 11.8 Å². The Morgan fingerprint density at radius 2 is 1.79 bits per heavy atom. The molecule has 0 heterocycles. The van der Waals surface area contributed by atoms with Crippen molar-refractivity contribution in [2.24, 2.45) is 0 Å². The standard InChI is InChI=1S/C15H21NO3/c1-6-15(5,18)11-7-9-12(10-8-11)16-13(17)19-14(2,3)4/h6-10,18H,1H2,2-5H3,(H,16,17). The Balaban J connectivity index is 2.73. The van der Waals surface area contributed by atoms with Crippen LogP contribution in [-0.2, 0) is 10.3 Å². The Morgan fingerprint density at radius 3 is 2.21 bits per heavy atom. The van der Waals surface area contributed by atoms with Crippen LogP contribution < -0.4 is 5.32 Å². The van der Waals surface area contributed by atoms with Crippen LogP contribution in [0.3, 0.4) is 0 Å². The molecule has 4 heteroatoms. The van der Waals surface area contributed by atoms with Gasteiger partial charge in [0.25, 0.3) is 0 Å². The number of hydrogen-bond acceptors (Lipinski definition) is 3. The predicted octanol–water partition coefficient (Wildman–Crippen LogP) is 3.43. The first-order valence-electron chi connectivity index (χ1n) is 6.10. The van der Waals surface area contributed by atoms with Crippen LogP contribution in [0.5, 0.6) is 0 Å². The Bertz CT molecular complexity index is 455. The summed E-state index contributed by atoms with van der Waals surface area (Å²) in [5, 5.41) is 12.6. The average molecular weight is 263 g/mol. The van der Waals surface area contributed by atoms with Gasteiger partial charge in [0.1, 0.15) is 11.2 Å². The predicted molar refractivity (Wildman–Crippen MR) is 76.1 cm³/mol. The van der Waals surface area contributed by atoms with E-state index in [2.05, 4.69) is 11.9 Å². The fourth-order valence-corrected chi connectivity index (χ4v) is 1.43. The highest BCUT2D eigenvalue weighted by Gasteiger charge is 2.19. The van der Waals surface area contributed by atoms with Crippen LogP contribution >= 0.6 is 0 Å². The van der Waals surface area contributed by atoms with Crippen LogP contribution in [0, 0.1) is 0 Å². The highest BCUT2D eigenvalue weighted by atomic mass is 16.6. The third-order valence-corrected chi connectivity index (χ3v) is 2.51. The van der Waals surface area contributed by atoms with Crippen LogP contribution in [0.25, 0.3) is 0 Å². The first kappa shape index (κ1) is 15.2. The van der Waals surface area contributed by atoms with E-state index in [0.29, 0.717) is 11.3 Å². The summed E-state index contributed by atoms with van der Waals surface area (Å²) in [7, 11) is 0. The zero-order valence-electron chi connectivity index (χ0n) is 11.9. The first-order valence-corrected chi connectivity index (χ1v) is 6.10. The molecule has 0 fully saturated rings. The molecular weight excluding hydrogens is 242 g/mol. The molecule has 1 unspecified atom stereocenters. The van der Waals surface area contributed by atoms with Crippen LogP contribution in [0.1, 0.15) is 33.3 Å². The van der Waals surface area contributed by atoms with Crippen molar-refractivity contribution in [3.8, 4) is 0 Å². The van der Waals surface area contributed by atoms with Crippen LogP contribution in [0.4, 0.5) is 10.5 Å². The fourth-order valence-electron chi connectivity index (χ4n) is 1.43. The Hall–Kier alpha value is -1.81. The second-order valence-electron chi connectivity index (χ2n) is 5.56. The van der Waals surface area contributed by atoms with Gasteiger partial charge in [-0.3, -0.25) is 5.32 Å². The molecule has 104 valence electrons. The summed E-state index contributed by atoms with van der Waals surface area (Å²) >= 11 is 0. The lowest BCUT2D eigenvalue weighted by molar-refractivity contribution is 0.0636. The van der Waals surface area contributed by atoms with Crippen molar-refractivity contribution in [2.75, 3.05) is 5.32 Å². The lowest BCUT2D eigenvalue weighted by Gasteiger charge is -2.21. The SMILES string of the molecule is C=CC(C)(O)c1ccc(NC(=O)OC(C)(C)C)cc1. The normalized spacial score (nSPS) is 14.4. The van der Waals surface area contributed by atoms with Crippen LogP contribution in [0.15, 0.2) is 36.9 Å². The molecule has 19 heavy (non-hydrogen) atoms. The largest absolute Gasteiger partial charge is 0.444 e. The molecule has 0 bridgehead atoms. The number of carbonyl (C=O) groups excluding carboxylic acids is 1. The van der Waals surface area contributed by atoms with E-state index in [9.17, 15) is 9.90 Å². The van der Waals surface area contributed by atoms with Crippen molar-refractivity contribution in [3.05, 3.63) is 42.5 Å². The topological polar surface area (TPSA) is 58.6 Å². The van der Waals surface area contributed by atoms with Crippen molar-refractivity contribution in [2.45, 2.75) is 38.9 Å². The van der Waals surface area contributed by atoms with E-state index in [0.717, 1.165) is 0 Å². The molecule has 4 nitrogen and oxygen atoms in total. The molecule has 1 aromatic carbocycles. The minimum Gasteiger partial charge on any atom is -0.444 e. The number of rotatable bonds is 3. The van der Waals surface area contributed by atoms with E-state index < -0.39 is 17.3 Å². The van der Waals surface area contributed by atoms with Crippen LogP contribution in [-0.4, -0.2) is 16.8 Å². The highest BCUT2D eigenvalue weighted by Crippen LogP contribution is 2.23. The molecule has 0 aliphatic carbocycles. The Labute approximate surface area is 114 Å². The molecule has 1 atom stereocenters. The third kappa shape index (κ3) is 4.75. The number of amides is 1. The summed E-state index contributed by atoms with van der Waals surface area (Å²) in [6, 6.07) is 6.87. The molecule has 2 N–H and O–H groups in total. The lowest BCUT2D eigenvalue weighted by Crippen LogP contribution is -2.27. The van der Waals surface area contributed by atoms with Crippen molar-refractivity contribution in [1.29, 1.82) is 0 Å². The van der Waals surface area contributed by atoms with E-state index >= 15 is 0 Å². The molecule has 0 aliphatic heterocycles. The fraction of sp³-hybridized carbons (Fsp3) is 0.400. The molecule has 0 saturated carbocycles. The van der Waals surface area contributed by atoms with E-state index in [1.54, 1.807) is 52.0 Å². The van der Waals surface area contributed by atoms with Crippen molar-refractivity contribution in [3.63, 3.8) is 0 Å². The van der Waals surface area contributed by atoms with Gasteiger partial charge in [0.2, 0.25) is 0 Å². The number of ether oxygens (including phenoxy) is 1. The molecule has 0 aromatic heterocycles. The molecule has 0 radical (unpaired) electrons. The summed E-state index contributed by atoms with van der Waals surface area (Å²) in [5.74, 6) is 0. The number of carbonyl (C=O) groups is 1. The van der Waals surface area contributed by atoms with Crippen LogP contribution in [0.2, 0.25) is 0 Å². The zero-order valence-corrected chi connectivity index (χ0v) is 11.9. The maximum atomic E-state index is 11.6. The van der Waals surface area contributed by atoms with E-state index in [1.165, 1.54) is 6.08 Å². The van der Waals surface area contributed by atoms with Gasteiger partial charge in [0, 0.05) is 5.69 Å². The van der Waals surface area contributed by atoms with Gasteiger partial charge in [-0.2, -0.15) is 0 Å². The van der Waals surface area contributed by atoms with Gasteiger partial charge in [-0.1, -0.05) is 24.8 Å². The first-order chi connectivity index (χ1) is 8.64. The molecule has 0 aliphatic rings. The molecule has 1 rings (SSSR count). The number of anilines is 1. The van der Waals surface area contributed by atoms with E-state index in [1.807, 2.05) is 0 Å². The second kappa shape index (κ2) is 5.45. The van der Waals surface area contributed by atoms with Gasteiger partial charge in [-0.05, 0) is 45.4 Å². The van der Waals surface area contributed by atoms with Crippen molar-refractivity contribution < 1.29 is 14.6 Å². The number of benzene rings is 1. The molecular formula is C15H21NO3. The van der Waals surface area contributed by atoms with E-state index in [-0.39, 0.29) is 0 Å². The maximum absolute atomic E-state index is 11.6. The van der Waals surface area contributed by atoms with E-state index in [4.69, 9.17) is 4.74 Å². The molecule has 1 amide bonds. The summed E-state index contributed by atoms with van der Waals surface area (Å²) < 4.78 is 5.14. The zero-order chi connectivity index (χ0) is 14.7. The van der Waals surface area contributed by atoms with Crippen molar-refractivity contribution in [1.82, 2.24) is 0 Å². The minimum atomic E-state index is -1.08. The smallest absolute Gasteiger partial charge is 0.412 e. The number of aliphatic hydroxyl groups is 1. The summed E-state index contributed by atoms with van der Waals surface area (Å²) in [6.07, 6.45) is 0.958. The second-order valence-corrected chi connectivity index (χ2v) is 5.56. The number of hydrogen-bond donors (Lipinski definition) is 2. The Kier molecular flexibility index (Phi) is 4.37. The van der Waals surface area contributed by atoms with Gasteiger partial charge in [0.15, 0.2) is 0 Å². The average Bonchev–Trinajstić information content (AvgIpc) is 2.27. The number of nitrogens with one attached hydrogen (secondary N) is 1. The van der Waals surface area contributed by atoms with Gasteiger partial charge >= 0.3 is 6.09 Å². The Morgan fingerprint density at radius 1 is 1.26 bits per heavy atom. The summed E-state index contributed by atoms with van der Waals surface area (Å²) in [5.41, 5.74) is -0.295. The monoisotopic (exact) mass is 263 g/mol. The third-order valence-electron chi connectivity index (χ3n) is 2.51. The maximum Gasteiger partial charge on any atom is 0.412 e. The minimum absolute atomic E-state index is 0.504. The molecule has 1 aromatic rings. The highest BCUT2D eigenvalue weighted by molar-refractivity contribution is 5.84. The quantitative estimate of drug-likeness (QED) is 0.821. The lowest BCUT2D eigenvalue weighted by atomic mass is 9.96. The van der Waals surface area contributed by atoms with Gasteiger partial charge in [0.05, 0.1) is 0 Å². The molecule has 0 spiro atoms. The van der Waals surface area contributed by atoms with Gasteiger partial charge in [-0.15, -0.1) is 0 Å². The summed E-state index contributed by atoms with van der Waals surface area (Å²) in [4.78, 5) is 11.6.